The number of fused-ring (bicyclic) bond motifs is 17. The Bertz CT molecular complexity index is 4580. The molecule has 1 saturated carbocycles. The molecule has 3 heterocycles. The van der Waals surface area contributed by atoms with Crippen LogP contribution >= 0.6 is 0 Å². The lowest BCUT2D eigenvalue weighted by molar-refractivity contribution is 0.195. The molecule has 4 aliphatic carbocycles. The Labute approximate surface area is 455 Å². The van der Waals surface area contributed by atoms with Crippen molar-refractivity contribution in [3.05, 3.63) is 227 Å². The van der Waals surface area contributed by atoms with Crippen molar-refractivity contribution in [2.24, 2.45) is 0 Å². The molecule has 2 atom stereocenters. The fourth-order valence-corrected chi connectivity index (χ4v) is 15.5. The summed E-state index contributed by atoms with van der Waals surface area (Å²) in [5.74, 6) is 6.62. The molecule has 78 heavy (non-hydrogen) atoms. The summed E-state index contributed by atoms with van der Waals surface area (Å²) in [6.45, 7) is 10.0. The van der Waals surface area contributed by atoms with Gasteiger partial charge in [0.15, 0.2) is 5.58 Å². The van der Waals surface area contributed by atoms with Gasteiger partial charge in [-0.1, -0.05) is 179 Å². The number of allylic oxidation sites excluding steroid dienone is 5. The van der Waals surface area contributed by atoms with E-state index in [1.807, 2.05) is 6.08 Å². The van der Waals surface area contributed by atoms with Gasteiger partial charge in [0.2, 0.25) is 0 Å². The summed E-state index contributed by atoms with van der Waals surface area (Å²) < 4.78 is 14.1. The van der Waals surface area contributed by atoms with Gasteiger partial charge in [0.1, 0.15) is 16.7 Å². The normalized spacial score (nSPS) is 19.7. The van der Waals surface area contributed by atoms with Gasteiger partial charge in [0.25, 0.3) is 0 Å². The molecule has 0 bridgehead atoms. The van der Waals surface area contributed by atoms with E-state index in [9.17, 15) is 0 Å². The smallest absolute Gasteiger partial charge is 0.159 e. The zero-order valence-corrected chi connectivity index (χ0v) is 44.6. The molecule has 0 N–H and O–H groups in total. The van der Waals surface area contributed by atoms with Crippen molar-refractivity contribution in [2.75, 3.05) is 9.80 Å². The second-order valence-corrected chi connectivity index (χ2v) is 23.5. The van der Waals surface area contributed by atoms with E-state index < -0.39 is 5.41 Å². The highest BCUT2D eigenvalue weighted by molar-refractivity contribution is 6.18. The first-order valence-electron chi connectivity index (χ1n) is 28.1. The number of para-hydroxylation sites is 5. The van der Waals surface area contributed by atoms with E-state index in [-0.39, 0.29) is 11.0 Å². The third-order valence-corrected chi connectivity index (χ3v) is 19.2. The molecule has 4 heteroatoms. The zero-order valence-electron chi connectivity index (χ0n) is 44.6. The van der Waals surface area contributed by atoms with Crippen molar-refractivity contribution in [3.63, 3.8) is 0 Å². The number of benzene rings is 9. The average molecular weight is 1010 g/mol. The number of furan rings is 2. The average Bonchev–Trinajstić information content (AvgIpc) is 2.93. The molecule has 16 rings (SSSR count). The molecule has 0 amide bonds. The summed E-state index contributed by atoms with van der Waals surface area (Å²) in [6, 6.07) is 63.0. The minimum atomic E-state index is -0.399. The largest absolute Gasteiger partial charge is 0.455 e. The fraction of sp³-hybridized carbons (Fsp3) is 0.189. The molecule has 5 aliphatic rings. The molecule has 1 aliphatic heterocycles. The maximum atomic E-state index is 7.18. The van der Waals surface area contributed by atoms with Gasteiger partial charge in [0, 0.05) is 67.0 Å². The van der Waals surface area contributed by atoms with E-state index in [0.29, 0.717) is 6.42 Å². The molecule has 0 spiro atoms. The predicted molar refractivity (Wildman–Crippen MR) is 325 cm³/mol. The Morgan fingerprint density at radius 2 is 1.26 bits per heavy atom. The molecule has 11 aromatic rings. The van der Waals surface area contributed by atoms with Crippen molar-refractivity contribution in [2.45, 2.75) is 89.0 Å². The van der Waals surface area contributed by atoms with E-state index in [2.05, 4.69) is 237 Å². The van der Waals surface area contributed by atoms with Gasteiger partial charge in [0.05, 0.1) is 16.9 Å². The molecule has 2 aromatic heterocycles. The Balaban J connectivity index is 0.930. The van der Waals surface area contributed by atoms with E-state index in [1.54, 1.807) is 0 Å². The van der Waals surface area contributed by atoms with Gasteiger partial charge in [-0.25, -0.2) is 0 Å². The van der Waals surface area contributed by atoms with Gasteiger partial charge in [-0.2, -0.15) is 0 Å². The van der Waals surface area contributed by atoms with E-state index in [1.165, 1.54) is 103 Å². The van der Waals surface area contributed by atoms with E-state index >= 15 is 0 Å². The van der Waals surface area contributed by atoms with E-state index in [0.717, 1.165) is 80.1 Å². The van der Waals surface area contributed by atoms with Gasteiger partial charge in [-0.15, -0.1) is 0 Å². The Morgan fingerprint density at radius 3 is 2.12 bits per heavy atom. The minimum absolute atomic E-state index is 0.0519. The maximum Gasteiger partial charge on any atom is 0.159 e. The lowest BCUT2D eigenvalue weighted by Gasteiger charge is -2.50. The quantitative estimate of drug-likeness (QED) is 0.155. The van der Waals surface area contributed by atoms with E-state index in [4.69, 9.17) is 8.83 Å². The monoisotopic (exact) mass is 1010 g/mol. The maximum absolute atomic E-state index is 7.18. The molecule has 376 valence electrons. The van der Waals surface area contributed by atoms with Crippen LogP contribution in [-0.2, 0) is 17.3 Å². The van der Waals surface area contributed by atoms with Crippen molar-refractivity contribution in [3.8, 4) is 34.1 Å². The zero-order chi connectivity index (χ0) is 52.1. The number of rotatable bonds is 6. The number of hydrogen-bond donors (Lipinski definition) is 0. The highest BCUT2D eigenvalue weighted by Crippen LogP contribution is 2.63. The van der Waals surface area contributed by atoms with Crippen LogP contribution in [0.5, 0.6) is 0 Å². The molecule has 2 unspecified atom stereocenters. The first-order chi connectivity index (χ1) is 38.2. The number of hydrogen-bond acceptors (Lipinski definition) is 4. The topological polar surface area (TPSA) is 32.8 Å². The van der Waals surface area contributed by atoms with Crippen LogP contribution in [0.3, 0.4) is 0 Å². The lowest BCUT2D eigenvalue weighted by Crippen LogP contribution is -2.54. The second kappa shape index (κ2) is 16.6. The third-order valence-electron chi connectivity index (χ3n) is 19.2. The van der Waals surface area contributed by atoms with Crippen LogP contribution in [0.25, 0.3) is 88.6 Å². The van der Waals surface area contributed by atoms with Crippen molar-refractivity contribution >= 4 is 89.0 Å². The Hall–Kier alpha value is -8.78. The summed E-state index contributed by atoms with van der Waals surface area (Å²) in [5.41, 5.74) is 23.6. The Kier molecular flexibility index (Phi) is 9.67. The van der Waals surface area contributed by atoms with Gasteiger partial charge >= 0.3 is 0 Å². The highest BCUT2D eigenvalue weighted by Gasteiger charge is 2.57. The Morgan fingerprint density at radius 1 is 0.564 bits per heavy atom. The van der Waals surface area contributed by atoms with Crippen molar-refractivity contribution < 1.29 is 8.83 Å². The first kappa shape index (κ1) is 45.4. The molecule has 0 saturated heterocycles. The molecular formula is C74H58N2O2. The van der Waals surface area contributed by atoms with Crippen molar-refractivity contribution in [1.29, 1.82) is 0 Å². The summed E-state index contributed by atoms with van der Waals surface area (Å²) in [6.07, 6.45) is 16.0. The number of nitrogens with zero attached hydrogens (tertiary/aromatic N) is 2. The molecule has 4 nitrogen and oxygen atoms in total. The van der Waals surface area contributed by atoms with Crippen molar-refractivity contribution in [1.82, 2.24) is 0 Å². The minimum Gasteiger partial charge on any atom is -0.455 e. The van der Waals surface area contributed by atoms with Crippen LogP contribution in [0.4, 0.5) is 22.7 Å². The molecular weight excluding hydrogens is 949 g/mol. The fourth-order valence-electron chi connectivity index (χ4n) is 15.5. The molecule has 9 aromatic carbocycles. The molecule has 1 fully saturated rings. The summed E-state index contributed by atoms with van der Waals surface area (Å²) in [7, 11) is 0. The molecule has 0 radical (unpaired) electrons. The SMILES string of the molecule is CC1(C)c2c3c(c4ccccc4c2-c2cc4c(oc5ccccc54)c(-c4cccc(N5c6ccccc6C6(C)CCCCC56C)c4)c21)C=C(N(c1ccccc1C1=CC=CC#CC1)c1cccc2c1oc1ccccc12)CC3. The van der Waals surface area contributed by atoms with Crippen LogP contribution in [0.1, 0.15) is 99.6 Å². The third kappa shape index (κ3) is 6.19. The predicted octanol–water partition coefficient (Wildman–Crippen LogP) is 19.8. The van der Waals surface area contributed by atoms with Gasteiger partial charge in [-0.05, 0) is 154 Å². The summed E-state index contributed by atoms with van der Waals surface area (Å²) >= 11 is 0. The van der Waals surface area contributed by atoms with Crippen LogP contribution in [0.2, 0.25) is 0 Å². The second-order valence-electron chi connectivity index (χ2n) is 23.5. The lowest BCUT2D eigenvalue weighted by atomic mass is 9.61. The van der Waals surface area contributed by atoms with Gasteiger partial charge in [-0.3, -0.25) is 0 Å². The summed E-state index contributed by atoms with van der Waals surface area (Å²) in [5, 5.41) is 7.09. The first-order valence-corrected chi connectivity index (χ1v) is 28.1. The van der Waals surface area contributed by atoms with Crippen LogP contribution in [-0.4, -0.2) is 5.54 Å². The van der Waals surface area contributed by atoms with Crippen LogP contribution in [0, 0.1) is 11.8 Å². The highest BCUT2D eigenvalue weighted by atomic mass is 16.3. The van der Waals surface area contributed by atoms with Crippen LogP contribution in [0.15, 0.2) is 203 Å². The summed E-state index contributed by atoms with van der Waals surface area (Å²) in [4.78, 5) is 5.22. The standard InChI is InChI=1S/C74H58N2O2/c1-72(2)68-55-40-39-48(75(61-34-15-11-27-50(61)46-23-7-5-6-8-24-46)63-36-22-32-56-52-29-12-17-37-64(52)77-70(56)63)44-57(55)51-28-9-10-31-54(51)67(68)59-45-58-53-30-13-18-38-65(53)78-71(58)66(69(59)72)47-25-21-26-49(43-47)76-62-35-16-14-33-60(62)73(3)41-19-20-42-74(73,76)4/h5,7,9-18,21-23,25-38,43-45H,19-20,24,39-42H2,1-4H3. The van der Waals surface area contributed by atoms with Gasteiger partial charge < -0.3 is 18.6 Å². The van der Waals surface area contributed by atoms with Crippen LogP contribution < -0.4 is 9.80 Å². The number of anilines is 4.